The van der Waals surface area contributed by atoms with E-state index in [1.807, 2.05) is 55.4 Å². The molecule has 0 radical (unpaired) electrons. The minimum absolute atomic E-state index is 0.0576. The lowest BCUT2D eigenvalue weighted by Gasteiger charge is -2.11. The topological polar surface area (TPSA) is 101 Å². The van der Waals surface area contributed by atoms with E-state index in [1.54, 1.807) is 42.3 Å². The Morgan fingerprint density at radius 2 is 1.76 bits per heavy atom. The molecule has 37 heavy (non-hydrogen) atoms. The lowest BCUT2D eigenvalue weighted by molar-refractivity contribution is 0.262. The summed E-state index contributed by atoms with van der Waals surface area (Å²) in [6, 6.07) is 18.3. The van der Waals surface area contributed by atoms with Crippen molar-refractivity contribution in [1.82, 2.24) is 19.4 Å². The zero-order chi connectivity index (χ0) is 25.9. The molecule has 9 nitrogen and oxygen atoms in total. The van der Waals surface area contributed by atoms with Crippen LogP contribution in [-0.2, 0) is 6.54 Å². The molecule has 0 aliphatic rings. The summed E-state index contributed by atoms with van der Waals surface area (Å²) >= 11 is 1.39. The van der Waals surface area contributed by atoms with Gasteiger partial charge in [0, 0.05) is 18.8 Å². The van der Waals surface area contributed by atoms with Gasteiger partial charge in [-0.05, 0) is 73.8 Å². The number of ether oxygens (including phenoxy) is 1. The number of nitrogens with zero attached hydrogens (tertiary/aromatic N) is 4. The van der Waals surface area contributed by atoms with Gasteiger partial charge in [0.1, 0.15) is 5.75 Å². The highest BCUT2D eigenvalue weighted by Crippen LogP contribution is 2.31. The number of nitrogens with one attached hydrogen (secondary N) is 2. The number of rotatable bonds is 7. The van der Waals surface area contributed by atoms with E-state index in [2.05, 4.69) is 20.6 Å². The maximum Gasteiger partial charge on any atom is 0.325 e. The smallest absolute Gasteiger partial charge is 0.325 e. The first-order chi connectivity index (χ1) is 17.9. The van der Waals surface area contributed by atoms with Crippen LogP contribution in [0, 0.1) is 0 Å². The molecule has 0 aliphatic heterocycles. The number of fused-ring (bicyclic) bond motifs is 2. The number of anilines is 2. The monoisotopic (exact) mass is 514 g/mol. The maximum absolute atomic E-state index is 13.0. The first-order valence-corrected chi connectivity index (χ1v) is 12.5. The zero-order valence-electron chi connectivity index (χ0n) is 20.7. The second-order valence-corrected chi connectivity index (χ2v) is 9.82. The summed E-state index contributed by atoms with van der Waals surface area (Å²) in [4.78, 5) is 36.6. The van der Waals surface area contributed by atoms with Crippen molar-refractivity contribution in [3.8, 4) is 16.9 Å². The van der Waals surface area contributed by atoms with Crippen molar-refractivity contribution in [3.63, 3.8) is 0 Å². The van der Waals surface area contributed by atoms with E-state index in [9.17, 15) is 9.59 Å². The van der Waals surface area contributed by atoms with Crippen molar-refractivity contribution < 1.29 is 9.53 Å². The molecular weight excluding hydrogens is 488 g/mol. The summed E-state index contributed by atoms with van der Waals surface area (Å²) in [5.74, 6) is 0.714. The Hall–Kier alpha value is -4.28. The molecule has 2 aromatic heterocycles. The van der Waals surface area contributed by atoms with Crippen LogP contribution < -0.4 is 20.9 Å². The first-order valence-electron chi connectivity index (χ1n) is 11.7. The third kappa shape index (κ3) is 5.45. The van der Waals surface area contributed by atoms with Gasteiger partial charge in [0.2, 0.25) is 0 Å². The highest BCUT2D eigenvalue weighted by atomic mass is 32.1. The van der Waals surface area contributed by atoms with Gasteiger partial charge in [0.25, 0.3) is 5.56 Å². The lowest BCUT2D eigenvalue weighted by atomic mass is 10.0. The van der Waals surface area contributed by atoms with Crippen LogP contribution in [-0.4, -0.2) is 53.2 Å². The molecule has 2 N–H and O–H groups in total. The quantitative estimate of drug-likeness (QED) is 0.321. The largest absolute Gasteiger partial charge is 0.497 e. The van der Waals surface area contributed by atoms with E-state index >= 15 is 0 Å². The standard InChI is InChI=1S/C27H26N6O3S/c1-32(2)12-13-33-16-28-22-10-4-17(14-21(22)25(33)34)18-5-11-24-23(15-18)30-27(37-24)31-26(35)29-19-6-8-20(36-3)9-7-19/h4-11,14-16H,12-13H2,1-3H3,(H2,29,30,31,35). The average Bonchev–Trinajstić information content (AvgIpc) is 3.29. The van der Waals surface area contributed by atoms with Gasteiger partial charge >= 0.3 is 6.03 Å². The van der Waals surface area contributed by atoms with Gasteiger partial charge in [-0.3, -0.25) is 14.7 Å². The van der Waals surface area contributed by atoms with E-state index in [0.717, 1.165) is 27.9 Å². The van der Waals surface area contributed by atoms with Crippen molar-refractivity contribution in [2.75, 3.05) is 38.4 Å². The average molecular weight is 515 g/mol. The number of benzene rings is 3. The van der Waals surface area contributed by atoms with Crippen molar-refractivity contribution >= 4 is 49.3 Å². The normalized spacial score (nSPS) is 11.2. The molecule has 0 saturated carbocycles. The number of hydrogen-bond donors (Lipinski definition) is 2. The van der Waals surface area contributed by atoms with Crippen LogP contribution in [0.1, 0.15) is 0 Å². The fourth-order valence-corrected chi connectivity index (χ4v) is 4.74. The summed E-state index contributed by atoms with van der Waals surface area (Å²) in [6.07, 6.45) is 1.61. The second-order valence-electron chi connectivity index (χ2n) is 8.79. The van der Waals surface area contributed by atoms with Crippen LogP contribution in [0.15, 0.2) is 71.8 Å². The van der Waals surface area contributed by atoms with Crippen LogP contribution in [0.3, 0.4) is 0 Å². The molecular formula is C27H26N6O3S. The molecule has 0 saturated heterocycles. The van der Waals surface area contributed by atoms with E-state index in [-0.39, 0.29) is 11.6 Å². The van der Waals surface area contributed by atoms with Gasteiger partial charge < -0.3 is 15.0 Å². The number of likely N-dealkylation sites (N-methyl/N-ethyl adjacent to an activating group) is 1. The van der Waals surface area contributed by atoms with Gasteiger partial charge in [-0.15, -0.1) is 0 Å². The zero-order valence-corrected chi connectivity index (χ0v) is 21.5. The number of amides is 2. The maximum atomic E-state index is 13.0. The third-order valence-corrected chi connectivity index (χ3v) is 6.85. The highest BCUT2D eigenvalue weighted by Gasteiger charge is 2.11. The van der Waals surface area contributed by atoms with E-state index < -0.39 is 0 Å². The highest BCUT2D eigenvalue weighted by molar-refractivity contribution is 7.22. The molecule has 2 heterocycles. The molecule has 5 aromatic rings. The van der Waals surface area contributed by atoms with Gasteiger partial charge in [-0.2, -0.15) is 0 Å². The minimum Gasteiger partial charge on any atom is -0.497 e. The summed E-state index contributed by atoms with van der Waals surface area (Å²) in [6.45, 7) is 1.33. The van der Waals surface area contributed by atoms with E-state index in [1.165, 1.54) is 11.3 Å². The van der Waals surface area contributed by atoms with Crippen LogP contribution >= 0.6 is 11.3 Å². The van der Waals surface area contributed by atoms with Crippen LogP contribution in [0.4, 0.5) is 15.6 Å². The SMILES string of the molecule is COc1ccc(NC(=O)Nc2nc3cc(-c4ccc5ncn(CCN(C)C)c(=O)c5c4)ccc3s2)cc1. The van der Waals surface area contributed by atoms with Gasteiger partial charge in [0.15, 0.2) is 5.13 Å². The Balaban J connectivity index is 1.36. The number of thiazole rings is 1. The molecule has 0 atom stereocenters. The van der Waals surface area contributed by atoms with Crippen molar-refractivity contribution in [3.05, 3.63) is 77.3 Å². The molecule has 3 aromatic carbocycles. The van der Waals surface area contributed by atoms with Crippen LogP contribution in [0.25, 0.3) is 32.2 Å². The lowest BCUT2D eigenvalue weighted by Crippen LogP contribution is -2.26. The number of hydrogen-bond acceptors (Lipinski definition) is 7. The number of carbonyl (C=O) groups excluding carboxylic acids is 1. The number of methoxy groups -OCH3 is 1. The van der Waals surface area contributed by atoms with Gasteiger partial charge in [-0.1, -0.05) is 23.5 Å². The number of aromatic nitrogens is 3. The molecule has 0 fully saturated rings. The summed E-state index contributed by atoms with van der Waals surface area (Å²) in [5, 5.41) is 6.65. The van der Waals surface area contributed by atoms with Crippen LogP contribution in [0.5, 0.6) is 5.75 Å². The van der Waals surface area contributed by atoms with Crippen molar-refractivity contribution in [1.29, 1.82) is 0 Å². The Kier molecular flexibility index (Phi) is 6.85. The fourth-order valence-electron chi connectivity index (χ4n) is 3.90. The van der Waals surface area contributed by atoms with Crippen LogP contribution in [0.2, 0.25) is 0 Å². The summed E-state index contributed by atoms with van der Waals surface area (Å²) < 4.78 is 7.72. The molecule has 0 spiro atoms. The fraction of sp³-hybridized carbons (Fsp3) is 0.185. The Morgan fingerprint density at radius 3 is 2.51 bits per heavy atom. The predicted molar refractivity (Wildman–Crippen MR) is 149 cm³/mol. The van der Waals surface area contributed by atoms with Gasteiger partial charge in [-0.25, -0.2) is 14.8 Å². The number of urea groups is 1. The van der Waals surface area contributed by atoms with Crippen molar-refractivity contribution in [2.45, 2.75) is 6.54 Å². The van der Waals surface area contributed by atoms with Crippen molar-refractivity contribution in [2.24, 2.45) is 0 Å². The van der Waals surface area contributed by atoms with E-state index in [0.29, 0.717) is 34.0 Å². The first kappa shape index (κ1) is 24.4. The molecule has 0 unspecified atom stereocenters. The Bertz CT molecular complexity index is 1640. The molecule has 0 bridgehead atoms. The Labute approximate surface area is 217 Å². The summed E-state index contributed by atoms with van der Waals surface area (Å²) in [7, 11) is 5.54. The molecule has 2 amide bonds. The molecule has 188 valence electrons. The third-order valence-electron chi connectivity index (χ3n) is 5.90. The second kappa shape index (κ2) is 10.4. The molecule has 10 heteroatoms. The van der Waals surface area contributed by atoms with E-state index in [4.69, 9.17) is 4.74 Å². The number of carbonyl (C=O) groups is 1. The summed E-state index contributed by atoms with van der Waals surface area (Å²) in [5.41, 5.74) is 3.84. The Morgan fingerprint density at radius 1 is 1.00 bits per heavy atom. The van der Waals surface area contributed by atoms with Gasteiger partial charge in [0.05, 0.1) is 34.6 Å². The minimum atomic E-state index is -0.378. The predicted octanol–water partition coefficient (Wildman–Crippen LogP) is 4.89. The molecule has 5 rings (SSSR count). The molecule has 0 aliphatic carbocycles.